The van der Waals surface area contributed by atoms with Gasteiger partial charge < -0.3 is 5.73 Å². The van der Waals surface area contributed by atoms with Crippen molar-refractivity contribution in [2.24, 2.45) is 5.41 Å². The fourth-order valence-corrected chi connectivity index (χ4v) is 4.54. The van der Waals surface area contributed by atoms with Gasteiger partial charge in [-0.3, -0.25) is 0 Å². The molecule has 0 aromatic heterocycles. The van der Waals surface area contributed by atoms with Crippen LogP contribution >= 0.6 is 11.6 Å². The third-order valence-electron chi connectivity index (χ3n) is 4.20. The largest absolute Gasteiger partial charge is 0.398 e. The van der Waals surface area contributed by atoms with E-state index >= 15 is 0 Å². The number of nitrogens with one attached hydrogen (secondary N) is 1. The number of nitrogen functional groups attached to an aromatic ring is 1. The summed E-state index contributed by atoms with van der Waals surface area (Å²) in [6.45, 7) is 6.12. The van der Waals surface area contributed by atoms with E-state index in [9.17, 15) is 8.42 Å². The third-order valence-corrected chi connectivity index (χ3v) is 6.09. The Labute approximate surface area is 132 Å². The van der Waals surface area contributed by atoms with Gasteiger partial charge in [0.2, 0.25) is 10.0 Å². The van der Waals surface area contributed by atoms with Crippen LogP contribution in [-0.4, -0.2) is 14.5 Å². The number of sulfonamides is 1. The third kappa shape index (κ3) is 3.90. The van der Waals surface area contributed by atoms with Crippen molar-refractivity contribution < 1.29 is 8.42 Å². The first kappa shape index (κ1) is 16.6. The predicted octanol–water partition coefficient (Wildman–Crippen LogP) is 3.48. The van der Waals surface area contributed by atoms with Crippen molar-refractivity contribution in [3.63, 3.8) is 0 Å². The smallest absolute Gasteiger partial charge is 0.240 e. The summed E-state index contributed by atoms with van der Waals surface area (Å²) in [6, 6.07) is 2.90. The minimum absolute atomic E-state index is 0.0277. The molecule has 21 heavy (non-hydrogen) atoms. The number of hydrogen-bond acceptors (Lipinski definition) is 3. The quantitative estimate of drug-likeness (QED) is 0.833. The fraction of sp³-hybridized carbons (Fsp3) is 0.600. The zero-order chi connectivity index (χ0) is 15.8. The van der Waals surface area contributed by atoms with Crippen molar-refractivity contribution in [1.29, 1.82) is 0 Å². The summed E-state index contributed by atoms with van der Waals surface area (Å²) in [4.78, 5) is 0.138. The van der Waals surface area contributed by atoms with Crippen molar-refractivity contribution >= 4 is 27.3 Å². The Morgan fingerprint density at radius 1 is 1.38 bits per heavy atom. The lowest BCUT2D eigenvalue weighted by atomic mass is 9.75. The molecule has 3 N–H and O–H groups in total. The van der Waals surface area contributed by atoms with Gasteiger partial charge in [-0.25, -0.2) is 13.1 Å². The molecular formula is C15H23ClN2O2S. The second kappa shape index (κ2) is 5.78. The van der Waals surface area contributed by atoms with Crippen LogP contribution in [0.1, 0.15) is 45.1 Å². The summed E-state index contributed by atoms with van der Waals surface area (Å²) in [5, 5.41) is 0.374. The van der Waals surface area contributed by atoms with E-state index in [4.69, 9.17) is 17.3 Å². The molecule has 1 aliphatic rings. The second-order valence-electron chi connectivity index (χ2n) is 6.70. The van der Waals surface area contributed by atoms with Crippen LogP contribution in [0.3, 0.4) is 0 Å². The van der Waals surface area contributed by atoms with Crippen molar-refractivity contribution in [2.75, 3.05) is 5.73 Å². The molecule has 0 amide bonds. The lowest BCUT2D eigenvalue weighted by molar-refractivity contribution is 0.212. The van der Waals surface area contributed by atoms with Gasteiger partial charge in [-0.1, -0.05) is 31.9 Å². The normalized spacial score (nSPS) is 22.2. The molecule has 1 saturated carbocycles. The zero-order valence-corrected chi connectivity index (χ0v) is 14.3. The number of anilines is 1. The molecule has 1 atom stereocenters. The van der Waals surface area contributed by atoms with Crippen molar-refractivity contribution in [1.82, 2.24) is 4.72 Å². The van der Waals surface area contributed by atoms with Gasteiger partial charge in [0.1, 0.15) is 0 Å². The van der Waals surface area contributed by atoms with Crippen LogP contribution in [0.5, 0.6) is 0 Å². The summed E-state index contributed by atoms with van der Waals surface area (Å²) >= 11 is 6.04. The van der Waals surface area contributed by atoms with Gasteiger partial charge in [-0.2, -0.15) is 0 Å². The maximum absolute atomic E-state index is 12.5. The first-order valence-corrected chi connectivity index (χ1v) is 9.05. The Morgan fingerprint density at radius 3 is 2.62 bits per heavy atom. The summed E-state index contributed by atoms with van der Waals surface area (Å²) in [7, 11) is -3.59. The van der Waals surface area contributed by atoms with Gasteiger partial charge in [0.25, 0.3) is 0 Å². The highest BCUT2D eigenvalue weighted by molar-refractivity contribution is 7.89. The first-order chi connectivity index (χ1) is 9.61. The van der Waals surface area contributed by atoms with E-state index in [1.165, 1.54) is 12.1 Å². The van der Waals surface area contributed by atoms with E-state index in [0.29, 0.717) is 16.3 Å². The molecule has 0 aliphatic heterocycles. The molecule has 1 aliphatic carbocycles. The Hall–Kier alpha value is -0.780. The molecule has 4 nitrogen and oxygen atoms in total. The maximum atomic E-state index is 12.5. The molecular weight excluding hydrogens is 308 g/mol. The van der Waals surface area contributed by atoms with E-state index in [0.717, 1.165) is 25.7 Å². The van der Waals surface area contributed by atoms with Crippen LogP contribution in [-0.2, 0) is 10.0 Å². The minimum atomic E-state index is -3.59. The predicted molar refractivity (Wildman–Crippen MR) is 87.0 cm³/mol. The first-order valence-electron chi connectivity index (χ1n) is 7.19. The Morgan fingerprint density at radius 2 is 2.05 bits per heavy atom. The Bertz CT molecular complexity index is 618. The molecule has 1 aromatic rings. The van der Waals surface area contributed by atoms with Gasteiger partial charge in [0, 0.05) is 16.8 Å². The SMILES string of the molecule is Cc1c(N)cc(S(=O)(=O)NC2CCCC(C)(C)C2)cc1Cl. The van der Waals surface area contributed by atoms with Crippen LogP contribution in [0.2, 0.25) is 5.02 Å². The average molecular weight is 331 g/mol. The van der Waals surface area contributed by atoms with Crippen LogP contribution in [0.25, 0.3) is 0 Å². The van der Waals surface area contributed by atoms with Gasteiger partial charge >= 0.3 is 0 Å². The second-order valence-corrected chi connectivity index (χ2v) is 8.82. The molecule has 0 bridgehead atoms. The maximum Gasteiger partial charge on any atom is 0.240 e. The van der Waals surface area contributed by atoms with E-state index in [1.807, 2.05) is 0 Å². The van der Waals surface area contributed by atoms with Crippen LogP contribution in [0.4, 0.5) is 5.69 Å². The number of hydrogen-bond donors (Lipinski definition) is 2. The number of halogens is 1. The van der Waals surface area contributed by atoms with E-state index < -0.39 is 10.0 Å². The van der Waals surface area contributed by atoms with Crippen LogP contribution in [0.15, 0.2) is 17.0 Å². The van der Waals surface area contributed by atoms with E-state index in [1.54, 1.807) is 6.92 Å². The fourth-order valence-electron chi connectivity index (χ4n) is 2.92. The Kier molecular flexibility index (Phi) is 4.57. The minimum Gasteiger partial charge on any atom is -0.398 e. The highest BCUT2D eigenvalue weighted by Gasteiger charge is 2.31. The van der Waals surface area contributed by atoms with Crippen molar-refractivity contribution in [3.05, 3.63) is 22.7 Å². The van der Waals surface area contributed by atoms with Crippen molar-refractivity contribution in [2.45, 2.75) is 57.4 Å². The van der Waals surface area contributed by atoms with E-state index in [2.05, 4.69) is 18.6 Å². The van der Waals surface area contributed by atoms with Gasteiger partial charge in [-0.05, 0) is 49.3 Å². The molecule has 6 heteroatoms. The van der Waals surface area contributed by atoms with E-state index in [-0.39, 0.29) is 16.4 Å². The molecule has 118 valence electrons. The number of rotatable bonds is 3. The Balaban J connectivity index is 2.23. The standard InChI is InChI=1S/C15H23ClN2O2S/c1-10-13(16)7-12(8-14(10)17)21(19,20)18-11-5-4-6-15(2,3)9-11/h7-8,11,18H,4-6,9,17H2,1-3H3. The molecule has 0 heterocycles. The molecule has 1 unspecified atom stereocenters. The summed E-state index contributed by atoms with van der Waals surface area (Å²) < 4.78 is 27.8. The van der Waals surface area contributed by atoms with Gasteiger partial charge in [0.05, 0.1) is 4.90 Å². The molecule has 1 aromatic carbocycles. The molecule has 0 saturated heterocycles. The molecule has 2 rings (SSSR count). The zero-order valence-electron chi connectivity index (χ0n) is 12.7. The topological polar surface area (TPSA) is 72.2 Å². The molecule has 0 radical (unpaired) electrons. The van der Waals surface area contributed by atoms with Crippen molar-refractivity contribution in [3.8, 4) is 0 Å². The monoisotopic (exact) mass is 330 g/mol. The summed E-state index contributed by atoms with van der Waals surface area (Å²) in [5.74, 6) is 0. The van der Waals surface area contributed by atoms with Gasteiger partial charge in [0.15, 0.2) is 0 Å². The average Bonchev–Trinajstić information content (AvgIpc) is 2.33. The lowest BCUT2D eigenvalue weighted by Crippen LogP contribution is -2.40. The molecule has 1 fully saturated rings. The van der Waals surface area contributed by atoms with Crippen LogP contribution < -0.4 is 10.5 Å². The number of benzene rings is 1. The molecule has 0 spiro atoms. The number of nitrogens with two attached hydrogens (primary N) is 1. The van der Waals surface area contributed by atoms with Crippen LogP contribution in [0, 0.1) is 12.3 Å². The highest BCUT2D eigenvalue weighted by atomic mass is 35.5. The summed E-state index contributed by atoms with van der Waals surface area (Å²) in [6.07, 6.45) is 3.89. The summed E-state index contributed by atoms with van der Waals surface area (Å²) in [5.41, 5.74) is 7.09. The van der Waals surface area contributed by atoms with Gasteiger partial charge in [-0.15, -0.1) is 0 Å². The highest BCUT2D eigenvalue weighted by Crippen LogP contribution is 2.36. The lowest BCUT2D eigenvalue weighted by Gasteiger charge is -2.35.